The Morgan fingerprint density at radius 2 is 1.95 bits per heavy atom. The molecule has 0 aromatic carbocycles. The molecule has 1 aromatic rings. The molecule has 0 aliphatic carbocycles. The molecule has 1 unspecified atom stereocenters. The molecule has 0 amide bonds. The lowest BCUT2D eigenvalue weighted by Crippen LogP contribution is -2.34. The molecule has 0 saturated carbocycles. The number of nitrogens with zero attached hydrogens (tertiary/aromatic N) is 3. The van der Waals surface area contributed by atoms with E-state index in [1.54, 1.807) is 16.9 Å². The molecule has 0 aliphatic rings. The monoisotopic (exact) mass is 297 g/mol. The van der Waals surface area contributed by atoms with Gasteiger partial charge in [0.2, 0.25) is 0 Å². The summed E-state index contributed by atoms with van der Waals surface area (Å²) in [5.41, 5.74) is 0.973. The first-order valence-electron chi connectivity index (χ1n) is 7.26. The van der Waals surface area contributed by atoms with E-state index in [1.807, 2.05) is 0 Å². The summed E-state index contributed by atoms with van der Waals surface area (Å²) in [5.74, 6) is 1.06. The van der Waals surface area contributed by atoms with E-state index in [0.717, 1.165) is 24.5 Å². The summed E-state index contributed by atoms with van der Waals surface area (Å²) in [6.07, 6.45) is 1.78. The predicted molar refractivity (Wildman–Crippen MR) is 88.9 cm³/mol. The van der Waals surface area contributed by atoms with Gasteiger partial charge in [0.15, 0.2) is 0 Å². The third-order valence-electron chi connectivity index (χ3n) is 3.82. The molecule has 20 heavy (non-hydrogen) atoms. The average Bonchev–Trinajstić information content (AvgIpc) is 2.37. The molecule has 0 aliphatic heterocycles. The van der Waals surface area contributed by atoms with Gasteiger partial charge >= 0.3 is 0 Å². The zero-order chi connectivity index (χ0) is 15.3. The zero-order valence-electron chi connectivity index (χ0n) is 13.3. The molecule has 1 atom stereocenters. The van der Waals surface area contributed by atoms with E-state index in [9.17, 15) is 4.79 Å². The number of hydrogen-bond donors (Lipinski definition) is 1. The summed E-state index contributed by atoms with van der Waals surface area (Å²) in [6, 6.07) is 1.68. The molecule has 1 heterocycles. The standard InChI is InChI=1S/C15H27N3OS/c1-6-17(7-2)13-8-14(19)18(16-9-13)10-12(11-20)15(3,4)5/h8-9,12,20H,6-7,10-11H2,1-5H3. The summed E-state index contributed by atoms with van der Waals surface area (Å²) in [7, 11) is 0. The van der Waals surface area contributed by atoms with E-state index >= 15 is 0 Å². The van der Waals surface area contributed by atoms with Crippen LogP contribution in [0.4, 0.5) is 5.69 Å². The van der Waals surface area contributed by atoms with Crippen molar-refractivity contribution in [1.29, 1.82) is 0 Å². The van der Waals surface area contributed by atoms with E-state index in [-0.39, 0.29) is 11.0 Å². The Hall–Kier alpha value is -0.970. The summed E-state index contributed by atoms with van der Waals surface area (Å²) in [4.78, 5) is 14.3. The van der Waals surface area contributed by atoms with Crippen LogP contribution in [0.1, 0.15) is 34.6 Å². The van der Waals surface area contributed by atoms with Gasteiger partial charge in [-0.15, -0.1) is 0 Å². The van der Waals surface area contributed by atoms with Crippen molar-refractivity contribution in [2.24, 2.45) is 11.3 Å². The van der Waals surface area contributed by atoms with Crippen LogP contribution in [0.25, 0.3) is 0 Å². The minimum Gasteiger partial charge on any atom is -0.371 e. The van der Waals surface area contributed by atoms with E-state index in [2.05, 4.69) is 57.2 Å². The molecule has 1 aromatic heterocycles. The fourth-order valence-corrected chi connectivity index (χ4v) is 2.80. The predicted octanol–water partition coefficient (Wildman–Crippen LogP) is 2.68. The molecule has 4 nitrogen and oxygen atoms in total. The zero-order valence-corrected chi connectivity index (χ0v) is 14.2. The van der Waals surface area contributed by atoms with Crippen LogP contribution in [0.15, 0.2) is 17.1 Å². The largest absolute Gasteiger partial charge is 0.371 e. The maximum Gasteiger partial charge on any atom is 0.268 e. The van der Waals surface area contributed by atoms with Crippen LogP contribution in [-0.4, -0.2) is 28.6 Å². The molecule has 0 saturated heterocycles. The number of rotatable bonds is 6. The van der Waals surface area contributed by atoms with Crippen molar-refractivity contribution in [1.82, 2.24) is 9.78 Å². The van der Waals surface area contributed by atoms with Gasteiger partial charge in [0.05, 0.1) is 11.9 Å². The van der Waals surface area contributed by atoms with E-state index < -0.39 is 0 Å². The lowest BCUT2D eigenvalue weighted by molar-refractivity contribution is 0.228. The molecule has 0 N–H and O–H groups in total. The van der Waals surface area contributed by atoms with Crippen LogP contribution < -0.4 is 10.5 Å². The van der Waals surface area contributed by atoms with Gasteiger partial charge in [-0.25, -0.2) is 4.68 Å². The van der Waals surface area contributed by atoms with Crippen molar-refractivity contribution in [3.8, 4) is 0 Å². The lowest BCUT2D eigenvalue weighted by Gasteiger charge is -2.29. The molecule has 5 heteroatoms. The highest BCUT2D eigenvalue weighted by Crippen LogP contribution is 2.27. The third kappa shape index (κ3) is 4.27. The van der Waals surface area contributed by atoms with E-state index in [1.165, 1.54) is 0 Å². The SMILES string of the molecule is CCN(CC)c1cnn(CC(CS)C(C)(C)C)c(=O)c1. The minimum absolute atomic E-state index is 0.0366. The second-order valence-corrected chi connectivity index (χ2v) is 6.52. The Morgan fingerprint density at radius 3 is 2.35 bits per heavy atom. The van der Waals surface area contributed by atoms with Crippen molar-refractivity contribution in [3.63, 3.8) is 0 Å². The number of thiol groups is 1. The van der Waals surface area contributed by atoms with Gasteiger partial charge in [-0.05, 0) is 30.9 Å². The maximum atomic E-state index is 12.2. The molecule has 0 fully saturated rings. The second kappa shape index (κ2) is 7.16. The lowest BCUT2D eigenvalue weighted by atomic mass is 9.82. The van der Waals surface area contributed by atoms with Crippen LogP contribution >= 0.6 is 12.6 Å². The first-order chi connectivity index (χ1) is 9.33. The normalized spacial score (nSPS) is 13.3. The highest BCUT2D eigenvalue weighted by atomic mass is 32.1. The van der Waals surface area contributed by atoms with Gasteiger partial charge in [0, 0.05) is 25.7 Å². The summed E-state index contributed by atoms with van der Waals surface area (Å²) < 4.78 is 1.55. The minimum atomic E-state index is -0.0366. The smallest absolute Gasteiger partial charge is 0.268 e. The van der Waals surface area contributed by atoms with Crippen molar-refractivity contribution < 1.29 is 0 Å². The summed E-state index contributed by atoms with van der Waals surface area (Å²) >= 11 is 4.41. The van der Waals surface area contributed by atoms with Gasteiger partial charge in [-0.2, -0.15) is 17.7 Å². The van der Waals surface area contributed by atoms with Crippen LogP contribution in [0.5, 0.6) is 0 Å². The number of aromatic nitrogens is 2. The van der Waals surface area contributed by atoms with Gasteiger partial charge in [-0.3, -0.25) is 4.79 Å². The van der Waals surface area contributed by atoms with E-state index in [4.69, 9.17) is 0 Å². The van der Waals surface area contributed by atoms with Crippen molar-refractivity contribution in [2.75, 3.05) is 23.7 Å². The van der Waals surface area contributed by atoms with Gasteiger partial charge < -0.3 is 4.90 Å². The van der Waals surface area contributed by atoms with Crippen LogP contribution in [-0.2, 0) is 6.54 Å². The molecule has 0 spiro atoms. The molecule has 114 valence electrons. The fourth-order valence-electron chi connectivity index (χ4n) is 2.14. The van der Waals surface area contributed by atoms with Crippen molar-refractivity contribution in [2.45, 2.75) is 41.2 Å². The van der Waals surface area contributed by atoms with Crippen LogP contribution in [0.2, 0.25) is 0 Å². The first kappa shape index (κ1) is 17.1. The average molecular weight is 297 g/mol. The molecule has 1 rings (SSSR count). The van der Waals surface area contributed by atoms with Gasteiger partial charge in [0.25, 0.3) is 5.56 Å². The Bertz CT molecular complexity index is 475. The van der Waals surface area contributed by atoms with Crippen LogP contribution in [0, 0.1) is 11.3 Å². The fraction of sp³-hybridized carbons (Fsp3) is 0.733. The Morgan fingerprint density at radius 1 is 1.35 bits per heavy atom. The molecule has 0 bridgehead atoms. The maximum absolute atomic E-state index is 12.2. The van der Waals surface area contributed by atoms with Gasteiger partial charge in [-0.1, -0.05) is 20.8 Å². The van der Waals surface area contributed by atoms with Crippen LogP contribution in [0.3, 0.4) is 0 Å². The van der Waals surface area contributed by atoms with E-state index in [0.29, 0.717) is 12.5 Å². The molecular formula is C15H27N3OS. The second-order valence-electron chi connectivity index (χ2n) is 6.15. The number of anilines is 1. The quantitative estimate of drug-likeness (QED) is 0.820. The topological polar surface area (TPSA) is 38.1 Å². The van der Waals surface area contributed by atoms with Crippen molar-refractivity contribution >= 4 is 18.3 Å². The first-order valence-corrected chi connectivity index (χ1v) is 7.89. The van der Waals surface area contributed by atoms with Gasteiger partial charge in [0.1, 0.15) is 0 Å². The highest BCUT2D eigenvalue weighted by Gasteiger charge is 2.24. The number of hydrogen-bond acceptors (Lipinski definition) is 4. The highest BCUT2D eigenvalue weighted by molar-refractivity contribution is 7.80. The van der Waals surface area contributed by atoms with Crippen molar-refractivity contribution in [3.05, 3.63) is 22.6 Å². The molecular weight excluding hydrogens is 270 g/mol. The summed E-state index contributed by atoms with van der Waals surface area (Å²) in [5, 5.41) is 4.32. The third-order valence-corrected chi connectivity index (χ3v) is 4.26. The Labute approximate surface area is 127 Å². The Balaban J connectivity index is 2.97. The Kier molecular flexibility index (Phi) is 6.11. The molecule has 0 radical (unpaired) electrons. The summed E-state index contributed by atoms with van der Waals surface area (Å²) in [6.45, 7) is 13.0.